The van der Waals surface area contributed by atoms with Crippen molar-refractivity contribution in [3.05, 3.63) is 60.1 Å². The van der Waals surface area contributed by atoms with Gasteiger partial charge in [0.05, 0.1) is 17.1 Å². The summed E-state index contributed by atoms with van der Waals surface area (Å²) in [6.07, 6.45) is 5.79. The first kappa shape index (κ1) is 16.3. The highest BCUT2D eigenvalue weighted by Crippen LogP contribution is 2.36. The molecule has 6 heteroatoms. The van der Waals surface area contributed by atoms with Gasteiger partial charge in [0.25, 0.3) is 10.0 Å². The van der Waals surface area contributed by atoms with E-state index in [1.807, 2.05) is 0 Å². The zero-order chi connectivity index (χ0) is 16.2. The molecule has 0 amide bonds. The van der Waals surface area contributed by atoms with Crippen LogP contribution in [0.2, 0.25) is 0 Å². The molecule has 5 nitrogen and oxygen atoms in total. The molecule has 0 spiro atoms. The van der Waals surface area contributed by atoms with Gasteiger partial charge in [0, 0.05) is 6.54 Å². The van der Waals surface area contributed by atoms with E-state index in [1.165, 1.54) is 16.5 Å². The monoisotopic (exact) mass is 320 g/mol. The summed E-state index contributed by atoms with van der Waals surface area (Å²) in [5.41, 5.74) is 6.19. The summed E-state index contributed by atoms with van der Waals surface area (Å²) >= 11 is 0. The first-order valence-electron chi connectivity index (χ1n) is 6.98. The standard InChI is InChI=1S/C16H20N2O3S/c1-3-7-14(8-4-2)22(19,20)18-12-13(11-17)21-16-10-6-5-9-15(16)18/h3-10,13H,1,11-12,17H2,2H3/b8-4-,14-7+. The fourth-order valence-electron chi connectivity index (χ4n) is 2.25. The number of nitrogens with two attached hydrogens (primary N) is 1. The number of nitrogens with zero attached hydrogens (tertiary/aromatic N) is 1. The van der Waals surface area contributed by atoms with Crippen LogP contribution < -0.4 is 14.8 Å². The summed E-state index contributed by atoms with van der Waals surface area (Å²) in [6.45, 7) is 5.77. The first-order chi connectivity index (χ1) is 10.5. The third kappa shape index (κ3) is 3.08. The highest BCUT2D eigenvalue weighted by Gasteiger charge is 2.34. The van der Waals surface area contributed by atoms with E-state index >= 15 is 0 Å². The van der Waals surface area contributed by atoms with E-state index < -0.39 is 10.0 Å². The quantitative estimate of drug-likeness (QED) is 0.844. The van der Waals surface area contributed by atoms with Crippen LogP contribution in [0.5, 0.6) is 5.75 Å². The molecule has 1 heterocycles. The summed E-state index contributed by atoms with van der Waals surface area (Å²) in [5, 5.41) is 0. The van der Waals surface area contributed by atoms with Crippen LogP contribution in [0, 0.1) is 0 Å². The molecule has 2 rings (SSSR count). The molecular weight excluding hydrogens is 300 g/mol. The van der Waals surface area contributed by atoms with E-state index in [0.29, 0.717) is 11.4 Å². The Labute approximate surface area is 131 Å². The summed E-state index contributed by atoms with van der Waals surface area (Å²) in [6, 6.07) is 7.04. The van der Waals surface area contributed by atoms with Crippen LogP contribution in [0.1, 0.15) is 6.92 Å². The molecule has 22 heavy (non-hydrogen) atoms. The number of benzene rings is 1. The Morgan fingerprint density at radius 2 is 2.23 bits per heavy atom. The van der Waals surface area contributed by atoms with Crippen LogP contribution in [0.4, 0.5) is 5.69 Å². The SMILES string of the molecule is C=C/C=C(\C=C/C)S(=O)(=O)N1CC(CN)Oc2ccccc21. The average Bonchev–Trinajstić information content (AvgIpc) is 2.53. The van der Waals surface area contributed by atoms with E-state index in [0.717, 1.165) is 0 Å². The van der Waals surface area contributed by atoms with Gasteiger partial charge in [-0.1, -0.05) is 30.9 Å². The van der Waals surface area contributed by atoms with Gasteiger partial charge in [-0.3, -0.25) is 4.31 Å². The van der Waals surface area contributed by atoms with Crippen LogP contribution in [0.25, 0.3) is 0 Å². The lowest BCUT2D eigenvalue weighted by Crippen LogP contribution is -2.46. The van der Waals surface area contributed by atoms with E-state index in [2.05, 4.69) is 6.58 Å². The van der Waals surface area contributed by atoms with Crippen LogP contribution in [-0.4, -0.2) is 27.6 Å². The number of allylic oxidation sites excluding steroid dienone is 4. The molecule has 1 aliphatic heterocycles. The molecule has 1 aromatic carbocycles. The number of hydrogen-bond acceptors (Lipinski definition) is 4. The molecule has 0 aliphatic carbocycles. The second-order valence-corrected chi connectivity index (χ2v) is 6.65. The second-order valence-electron chi connectivity index (χ2n) is 4.78. The molecule has 1 atom stereocenters. The van der Waals surface area contributed by atoms with E-state index in [1.54, 1.807) is 43.3 Å². The molecule has 0 saturated carbocycles. The van der Waals surface area contributed by atoms with E-state index in [4.69, 9.17) is 10.5 Å². The van der Waals surface area contributed by atoms with Gasteiger partial charge in [-0.15, -0.1) is 0 Å². The van der Waals surface area contributed by atoms with Gasteiger partial charge in [0.1, 0.15) is 11.9 Å². The Hall–Kier alpha value is -2.05. The summed E-state index contributed by atoms with van der Waals surface area (Å²) < 4.78 is 33.0. The first-order valence-corrected chi connectivity index (χ1v) is 8.42. The van der Waals surface area contributed by atoms with Gasteiger partial charge in [0.15, 0.2) is 0 Å². The van der Waals surface area contributed by atoms with Crippen molar-refractivity contribution < 1.29 is 13.2 Å². The summed E-state index contributed by atoms with van der Waals surface area (Å²) in [7, 11) is -3.70. The third-order valence-electron chi connectivity index (χ3n) is 3.26. The van der Waals surface area contributed by atoms with Crippen molar-refractivity contribution in [2.45, 2.75) is 13.0 Å². The largest absolute Gasteiger partial charge is 0.485 e. The normalized spacial score (nSPS) is 18.9. The Balaban J connectivity index is 2.54. The highest BCUT2D eigenvalue weighted by molar-refractivity contribution is 7.96. The number of hydrogen-bond donors (Lipinski definition) is 1. The smallest absolute Gasteiger partial charge is 0.264 e. The number of sulfonamides is 1. The minimum absolute atomic E-state index is 0.178. The minimum Gasteiger partial charge on any atom is -0.485 e. The summed E-state index contributed by atoms with van der Waals surface area (Å²) in [5.74, 6) is 0.520. The Bertz CT molecular complexity index is 708. The number of ether oxygens (including phenoxy) is 1. The molecule has 118 valence electrons. The maximum Gasteiger partial charge on any atom is 0.264 e. The lowest BCUT2D eigenvalue weighted by atomic mass is 10.2. The molecule has 0 bridgehead atoms. The van der Waals surface area contributed by atoms with Crippen LogP contribution in [0.3, 0.4) is 0 Å². The van der Waals surface area contributed by atoms with Crippen LogP contribution >= 0.6 is 0 Å². The minimum atomic E-state index is -3.70. The maximum absolute atomic E-state index is 13.0. The van der Waals surface area contributed by atoms with E-state index in [-0.39, 0.29) is 24.1 Å². The fraction of sp³-hybridized carbons (Fsp3) is 0.250. The van der Waals surface area contributed by atoms with Crippen molar-refractivity contribution in [2.75, 3.05) is 17.4 Å². The molecule has 0 radical (unpaired) electrons. The van der Waals surface area contributed by atoms with Gasteiger partial charge in [-0.2, -0.15) is 0 Å². The van der Waals surface area contributed by atoms with Gasteiger partial charge < -0.3 is 10.5 Å². The van der Waals surface area contributed by atoms with Gasteiger partial charge in [0.2, 0.25) is 0 Å². The van der Waals surface area contributed by atoms with E-state index in [9.17, 15) is 8.42 Å². The fourth-order valence-corrected chi connectivity index (χ4v) is 3.85. The number of rotatable bonds is 5. The molecule has 2 N–H and O–H groups in total. The third-order valence-corrected chi connectivity index (χ3v) is 5.05. The van der Waals surface area contributed by atoms with Gasteiger partial charge >= 0.3 is 0 Å². The second kappa shape index (κ2) is 6.81. The van der Waals surface area contributed by atoms with Crippen molar-refractivity contribution in [1.82, 2.24) is 0 Å². The van der Waals surface area contributed by atoms with Crippen LogP contribution in [0.15, 0.2) is 60.1 Å². The number of para-hydroxylation sites is 2. The van der Waals surface area contributed by atoms with Crippen molar-refractivity contribution in [3.8, 4) is 5.75 Å². The zero-order valence-corrected chi connectivity index (χ0v) is 13.3. The highest BCUT2D eigenvalue weighted by atomic mass is 32.2. The van der Waals surface area contributed by atoms with Crippen molar-refractivity contribution in [3.63, 3.8) is 0 Å². The van der Waals surface area contributed by atoms with Gasteiger partial charge in [-0.05, 0) is 31.2 Å². The number of anilines is 1. The number of fused-ring (bicyclic) bond motifs is 1. The zero-order valence-electron chi connectivity index (χ0n) is 12.5. The van der Waals surface area contributed by atoms with Crippen LogP contribution in [-0.2, 0) is 10.0 Å². The topological polar surface area (TPSA) is 72.6 Å². The molecule has 1 aromatic rings. The molecule has 1 aliphatic rings. The Morgan fingerprint density at radius 3 is 2.86 bits per heavy atom. The van der Waals surface area contributed by atoms with Crippen molar-refractivity contribution >= 4 is 15.7 Å². The predicted molar refractivity (Wildman–Crippen MR) is 89.3 cm³/mol. The molecular formula is C16H20N2O3S. The Kier molecular flexibility index (Phi) is 5.05. The summed E-state index contributed by atoms with van der Waals surface area (Å²) in [4.78, 5) is 0.178. The molecule has 1 unspecified atom stereocenters. The molecule has 0 fully saturated rings. The molecule has 0 saturated heterocycles. The lowest BCUT2D eigenvalue weighted by Gasteiger charge is -2.35. The van der Waals surface area contributed by atoms with Crippen molar-refractivity contribution in [2.24, 2.45) is 5.73 Å². The average molecular weight is 320 g/mol. The van der Waals surface area contributed by atoms with Crippen molar-refractivity contribution in [1.29, 1.82) is 0 Å². The predicted octanol–water partition coefficient (Wildman–Crippen LogP) is 2.19. The van der Waals surface area contributed by atoms with Gasteiger partial charge in [-0.25, -0.2) is 8.42 Å². The maximum atomic E-state index is 13.0. The molecule has 0 aromatic heterocycles. The lowest BCUT2D eigenvalue weighted by molar-refractivity contribution is 0.208. The Morgan fingerprint density at radius 1 is 1.50 bits per heavy atom.